The van der Waals surface area contributed by atoms with Gasteiger partial charge in [-0.2, -0.15) is 13.4 Å². The van der Waals surface area contributed by atoms with Crippen molar-refractivity contribution in [1.82, 2.24) is 14.9 Å². The molecule has 5 rings (SSSR count). The summed E-state index contributed by atoms with van der Waals surface area (Å²) in [6.07, 6.45) is 6.37. The predicted octanol–water partition coefficient (Wildman–Crippen LogP) is 6.82. The van der Waals surface area contributed by atoms with E-state index in [0.29, 0.717) is 24.0 Å². The molecule has 0 saturated heterocycles. The highest BCUT2D eigenvalue weighted by atomic mass is 32.2. The van der Waals surface area contributed by atoms with E-state index >= 15 is 0 Å². The first-order valence-electron chi connectivity index (χ1n) is 14.1. The van der Waals surface area contributed by atoms with Gasteiger partial charge in [-0.25, -0.2) is 9.71 Å². The van der Waals surface area contributed by atoms with E-state index in [1.807, 2.05) is 57.2 Å². The van der Waals surface area contributed by atoms with Gasteiger partial charge >= 0.3 is 0 Å². The van der Waals surface area contributed by atoms with Crippen molar-refractivity contribution in [2.24, 2.45) is 5.92 Å². The molecule has 2 aliphatic rings. The molecule has 8 nitrogen and oxygen atoms in total. The number of hydrogen-bond acceptors (Lipinski definition) is 7. The molecule has 0 fully saturated rings. The molecule has 3 atom stereocenters. The van der Waals surface area contributed by atoms with Crippen LogP contribution < -0.4 is 9.46 Å². The Hall–Kier alpha value is -3.69. The number of fused-ring (bicyclic) bond motifs is 6. The summed E-state index contributed by atoms with van der Waals surface area (Å²) in [4.78, 5) is 11.3. The maximum absolute atomic E-state index is 13.7. The van der Waals surface area contributed by atoms with E-state index in [-0.39, 0.29) is 29.9 Å². The van der Waals surface area contributed by atoms with Crippen molar-refractivity contribution >= 4 is 16.0 Å². The molecule has 216 valence electrons. The van der Waals surface area contributed by atoms with Gasteiger partial charge in [0.1, 0.15) is 12.8 Å². The predicted molar refractivity (Wildman–Crippen MR) is 162 cm³/mol. The molecule has 0 aliphatic carbocycles. The van der Waals surface area contributed by atoms with Crippen molar-refractivity contribution in [3.8, 4) is 17.1 Å². The first kappa shape index (κ1) is 28.8. The third-order valence-corrected chi connectivity index (χ3v) is 8.64. The minimum atomic E-state index is -4.15. The number of hydrogen-bond donors (Lipinski definition) is 1. The van der Waals surface area contributed by atoms with Gasteiger partial charge in [0.2, 0.25) is 16.9 Å². The Kier molecular flexibility index (Phi) is 8.47. The minimum Gasteiger partial charge on any atom is -0.468 e. The van der Waals surface area contributed by atoms with Crippen LogP contribution in [0.4, 0.5) is 5.95 Å². The van der Waals surface area contributed by atoms with Crippen LogP contribution in [0.25, 0.3) is 11.3 Å². The average molecular weight is 575 g/mol. The Morgan fingerprint density at radius 2 is 1.80 bits per heavy atom. The molecule has 9 heteroatoms. The molecule has 2 aliphatic heterocycles. The number of nitrogens with one attached hydrogen (secondary N) is 1. The first-order chi connectivity index (χ1) is 19.7. The standard InChI is InChI=1S/C32H38N4O4S/c1-6-7-8-16-30-39-20-36-19-28(25-15-10-9-14-24(25)27(36)17-21(2)3)40-29-18-26(31-22(4)12-11-13-23(31)5)33-32(34-29)35-41(30,37)38/h7-16,18,21,27-28H,6,17,19-20H2,1-5H3,(H,33,34,35)/b8-7-,30-16+. The number of allylic oxidation sites excluding steroid dienone is 3. The summed E-state index contributed by atoms with van der Waals surface area (Å²) in [5, 5.41) is -0.190. The third-order valence-electron chi connectivity index (χ3n) is 7.41. The Labute approximate surface area is 243 Å². The fourth-order valence-electron chi connectivity index (χ4n) is 5.55. The van der Waals surface area contributed by atoms with E-state index in [1.54, 1.807) is 12.1 Å². The number of sulfonamides is 1. The van der Waals surface area contributed by atoms with Crippen LogP contribution >= 0.6 is 0 Å². The van der Waals surface area contributed by atoms with Gasteiger partial charge in [0.25, 0.3) is 10.0 Å². The van der Waals surface area contributed by atoms with Gasteiger partial charge in [0.05, 0.1) is 5.69 Å². The van der Waals surface area contributed by atoms with Crippen LogP contribution in [0.2, 0.25) is 0 Å². The van der Waals surface area contributed by atoms with Crippen LogP contribution in [-0.4, -0.2) is 36.6 Å². The molecule has 3 heterocycles. The highest BCUT2D eigenvalue weighted by Crippen LogP contribution is 2.41. The minimum absolute atomic E-state index is 0.0447. The Balaban J connectivity index is 1.69. The lowest BCUT2D eigenvalue weighted by Gasteiger charge is -2.41. The van der Waals surface area contributed by atoms with E-state index in [2.05, 4.69) is 45.6 Å². The molecule has 1 aromatic heterocycles. The second-order valence-electron chi connectivity index (χ2n) is 11.0. The second kappa shape index (κ2) is 12.0. The van der Waals surface area contributed by atoms with Gasteiger partial charge in [-0.1, -0.05) is 75.4 Å². The fourth-order valence-corrected chi connectivity index (χ4v) is 6.44. The average Bonchev–Trinajstić information content (AvgIpc) is 2.91. The molecule has 3 unspecified atom stereocenters. The van der Waals surface area contributed by atoms with Crippen LogP contribution in [0.5, 0.6) is 5.88 Å². The van der Waals surface area contributed by atoms with Gasteiger partial charge in [-0.05, 0) is 60.9 Å². The maximum atomic E-state index is 13.7. The topological polar surface area (TPSA) is 93.7 Å². The molecule has 0 amide bonds. The van der Waals surface area contributed by atoms with Gasteiger partial charge < -0.3 is 9.47 Å². The molecule has 4 bridgehead atoms. The summed E-state index contributed by atoms with van der Waals surface area (Å²) in [5.41, 5.74) is 5.78. The van der Waals surface area contributed by atoms with Gasteiger partial charge in [0.15, 0.2) is 0 Å². The third kappa shape index (κ3) is 6.31. The lowest BCUT2D eigenvalue weighted by atomic mass is 9.86. The smallest absolute Gasteiger partial charge is 0.297 e. The molecular formula is C32H38N4O4S. The van der Waals surface area contributed by atoms with Crippen molar-refractivity contribution in [1.29, 1.82) is 0 Å². The van der Waals surface area contributed by atoms with E-state index < -0.39 is 10.0 Å². The lowest BCUT2D eigenvalue weighted by molar-refractivity contribution is -0.00205. The normalized spacial score (nSPS) is 22.7. The first-order valence-corrected chi connectivity index (χ1v) is 15.6. The fraction of sp³-hybridized carbons (Fsp3) is 0.375. The molecule has 41 heavy (non-hydrogen) atoms. The molecule has 3 aromatic rings. The Morgan fingerprint density at radius 1 is 1.07 bits per heavy atom. The number of ether oxygens (including phenoxy) is 2. The lowest BCUT2D eigenvalue weighted by Crippen LogP contribution is -2.42. The molecule has 0 spiro atoms. The van der Waals surface area contributed by atoms with E-state index in [1.165, 1.54) is 6.08 Å². The zero-order chi connectivity index (χ0) is 29.1. The SMILES string of the molecule is CC/C=C\C=C1/OCN2CC(Oc3cc(-c4c(C)cccc4C)nc(n3)NS1(=O)=O)c1ccccc1C2CC(C)C. The summed E-state index contributed by atoms with van der Waals surface area (Å²) in [7, 11) is -4.15. The molecular weight excluding hydrogens is 536 g/mol. The molecule has 1 N–H and O–H groups in total. The van der Waals surface area contributed by atoms with Crippen molar-refractivity contribution in [2.75, 3.05) is 18.0 Å². The van der Waals surface area contributed by atoms with Gasteiger partial charge in [-0.3, -0.25) is 4.90 Å². The maximum Gasteiger partial charge on any atom is 0.297 e. The van der Waals surface area contributed by atoms with Gasteiger partial charge in [-0.15, -0.1) is 0 Å². The highest BCUT2D eigenvalue weighted by Gasteiger charge is 2.36. The monoisotopic (exact) mass is 574 g/mol. The van der Waals surface area contributed by atoms with Gasteiger partial charge in [0, 0.05) is 24.2 Å². The number of nitrogens with zero attached hydrogens (tertiary/aromatic N) is 3. The van der Waals surface area contributed by atoms with Crippen molar-refractivity contribution in [3.05, 3.63) is 94.1 Å². The summed E-state index contributed by atoms with van der Waals surface area (Å²) in [6.45, 7) is 11.0. The zero-order valence-electron chi connectivity index (χ0n) is 24.3. The van der Waals surface area contributed by atoms with E-state index in [9.17, 15) is 8.42 Å². The zero-order valence-corrected chi connectivity index (χ0v) is 25.1. The highest BCUT2D eigenvalue weighted by molar-refractivity contribution is 7.96. The number of aromatic nitrogens is 2. The Morgan fingerprint density at radius 3 is 2.51 bits per heavy atom. The van der Waals surface area contributed by atoms with Crippen molar-refractivity contribution < 1.29 is 17.9 Å². The molecule has 0 saturated carbocycles. The van der Waals surface area contributed by atoms with Crippen LogP contribution in [0.3, 0.4) is 0 Å². The second-order valence-corrected chi connectivity index (χ2v) is 12.6. The number of aryl methyl sites for hydroxylation is 2. The van der Waals surface area contributed by atoms with E-state index in [0.717, 1.165) is 40.7 Å². The van der Waals surface area contributed by atoms with Crippen LogP contribution in [0, 0.1) is 19.8 Å². The summed E-state index contributed by atoms with van der Waals surface area (Å²) < 4.78 is 42.5. The largest absolute Gasteiger partial charge is 0.468 e. The van der Waals surface area contributed by atoms with Crippen molar-refractivity contribution in [2.45, 2.75) is 59.6 Å². The number of rotatable bonds is 5. The summed E-state index contributed by atoms with van der Waals surface area (Å²) >= 11 is 0. The van der Waals surface area contributed by atoms with E-state index in [4.69, 9.17) is 9.47 Å². The Bertz CT molecular complexity index is 1560. The molecule has 2 aromatic carbocycles. The van der Waals surface area contributed by atoms with Crippen LogP contribution in [0.1, 0.15) is 68.0 Å². The van der Waals surface area contributed by atoms with Crippen LogP contribution in [0.15, 0.2) is 71.9 Å². The summed E-state index contributed by atoms with van der Waals surface area (Å²) in [5.74, 6) is 0.646. The van der Waals surface area contributed by atoms with Crippen molar-refractivity contribution in [3.63, 3.8) is 0 Å². The molecule has 0 radical (unpaired) electrons. The summed E-state index contributed by atoms with van der Waals surface area (Å²) in [6, 6.07) is 16.1. The number of anilines is 1. The number of benzene rings is 2. The van der Waals surface area contributed by atoms with Crippen LogP contribution in [-0.2, 0) is 14.8 Å². The quantitative estimate of drug-likeness (QED) is 0.357.